The molecule has 1 saturated heterocycles. The Morgan fingerprint density at radius 2 is 1.80 bits per heavy atom. The van der Waals surface area contributed by atoms with E-state index >= 15 is 0 Å². The molecule has 1 heterocycles. The number of fused-ring (bicyclic) bond motifs is 1. The summed E-state index contributed by atoms with van der Waals surface area (Å²) >= 11 is 0. The second-order valence-corrected chi connectivity index (χ2v) is 5.84. The molecule has 1 aromatic rings. The number of nitrogens with two attached hydrogens (primary N) is 1. The van der Waals surface area contributed by atoms with Crippen LogP contribution in [0.5, 0.6) is 0 Å². The number of piperidine rings is 1. The van der Waals surface area contributed by atoms with Gasteiger partial charge in [-0.25, -0.2) is 0 Å². The first-order valence-corrected chi connectivity index (χ1v) is 7.39. The van der Waals surface area contributed by atoms with E-state index in [9.17, 15) is 9.59 Å². The fourth-order valence-electron chi connectivity index (χ4n) is 3.51. The van der Waals surface area contributed by atoms with Crippen LogP contribution in [0.15, 0.2) is 24.3 Å². The van der Waals surface area contributed by atoms with Gasteiger partial charge in [0.05, 0.1) is 0 Å². The Kier molecular flexibility index (Phi) is 3.47. The fourth-order valence-corrected chi connectivity index (χ4v) is 3.51. The molecule has 20 heavy (non-hydrogen) atoms. The molecule has 0 radical (unpaired) electrons. The highest BCUT2D eigenvalue weighted by Gasteiger charge is 2.40. The number of nitrogen functional groups attached to an aromatic ring is 1. The maximum atomic E-state index is 12.6. The number of hydrogen-bond acceptors (Lipinski definition) is 3. The van der Waals surface area contributed by atoms with Crippen LogP contribution in [0.2, 0.25) is 0 Å². The van der Waals surface area contributed by atoms with Gasteiger partial charge in [0.15, 0.2) is 0 Å². The summed E-state index contributed by atoms with van der Waals surface area (Å²) in [6.07, 6.45) is 5.87. The summed E-state index contributed by atoms with van der Waals surface area (Å²) in [7, 11) is 0. The zero-order valence-electron chi connectivity index (χ0n) is 11.5. The smallest absolute Gasteiger partial charge is 0.260 e. The van der Waals surface area contributed by atoms with Crippen molar-refractivity contribution < 1.29 is 9.59 Å². The van der Waals surface area contributed by atoms with Crippen molar-refractivity contribution in [2.45, 2.75) is 44.6 Å². The second-order valence-electron chi connectivity index (χ2n) is 5.84. The molecule has 2 fully saturated rings. The molecular formula is C16H20N2O2. The van der Waals surface area contributed by atoms with E-state index in [0.717, 1.165) is 25.7 Å². The van der Waals surface area contributed by atoms with Crippen LogP contribution >= 0.6 is 0 Å². The van der Waals surface area contributed by atoms with Gasteiger partial charge in [0.2, 0.25) is 5.91 Å². The predicted molar refractivity (Wildman–Crippen MR) is 77.0 cm³/mol. The van der Waals surface area contributed by atoms with Crippen molar-refractivity contribution in [2.75, 3.05) is 5.73 Å². The number of anilines is 1. The van der Waals surface area contributed by atoms with Gasteiger partial charge in [-0.15, -0.1) is 0 Å². The van der Waals surface area contributed by atoms with E-state index in [1.807, 2.05) is 0 Å². The molecule has 0 bridgehead atoms. The zero-order valence-corrected chi connectivity index (χ0v) is 11.5. The Labute approximate surface area is 118 Å². The van der Waals surface area contributed by atoms with Crippen molar-refractivity contribution in [1.29, 1.82) is 0 Å². The second kappa shape index (κ2) is 5.27. The van der Waals surface area contributed by atoms with E-state index in [0.29, 0.717) is 23.6 Å². The number of imide groups is 1. The summed E-state index contributed by atoms with van der Waals surface area (Å²) < 4.78 is 0. The molecule has 1 aliphatic carbocycles. The molecule has 1 aliphatic heterocycles. The third-order valence-corrected chi connectivity index (χ3v) is 4.57. The first-order valence-electron chi connectivity index (χ1n) is 7.39. The highest BCUT2D eigenvalue weighted by atomic mass is 16.2. The van der Waals surface area contributed by atoms with E-state index in [-0.39, 0.29) is 17.9 Å². The molecule has 2 unspecified atom stereocenters. The van der Waals surface area contributed by atoms with E-state index in [4.69, 9.17) is 5.73 Å². The Morgan fingerprint density at radius 1 is 1.10 bits per heavy atom. The summed E-state index contributed by atoms with van der Waals surface area (Å²) in [6, 6.07) is 6.93. The standard InChI is InChI=1S/C16H20N2O2/c17-13-8-5-12(6-9-13)16(20)18-14-4-2-1-3-11(14)7-10-15(18)19/h5-6,8-9,11,14H,1-4,7,10,17H2. The third-order valence-electron chi connectivity index (χ3n) is 4.57. The minimum atomic E-state index is -0.161. The van der Waals surface area contributed by atoms with Crippen LogP contribution < -0.4 is 5.73 Å². The maximum Gasteiger partial charge on any atom is 0.260 e. The Bertz CT molecular complexity index is 524. The van der Waals surface area contributed by atoms with Gasteiger partial charge in [0.1, 0.15) is 0 Å². The molecular weight excluding hydrogens is 252 g/mol. The largest absolute Gasteiger partial charge is 0.399 e. The molecule has 2 atom stereocenters. The van der Waals surface area contributed by atoms with Crippen molar-refractivity contribution in [3.63, 3.8) is 0 Å². The van der Waals surface area contributed by atoms with Crippen molar-refractivity contribution in [1.82, 2.24) is 4.90 Å². The quantitative estimate of drug-likeness (QED) is 0.631. The van der Waals surface area contributed by atoms with Crippen LogP contribution in [0, 0.1) is 5.92 Å². The molecule has 0 spiro atoms. The minimum absolute atomic E-state index is 0.0185. The number of rotatable bonds is 1. The zero-order chi connectivity index (χ0) is 14.1. The number of nitrogens with zero attached hydrogens (tertiary/aromatic N) is 1. The van der Waals surface area contributed by atoms with Gasteiger partial charge in [-0.3, -0.25) is 14.5 Å². The number of hydrogen-bond donors (Lipinski definition) is 1. The number of likely N-dealkylation sites (tertiary alicyclic amines) is 1. The van der Waals surface area contributed by atoms with Crippen LogP contribution in [-0.2, 0) is 4.79 Å². The van der Waals surface area contributed by atoms with Crippen LogP contribution in [0.1, 0.15) is 48.9 Å². The average molecular weight is 272 g/mol. The van der Waals surface area contributed by atoms with Crippen LogP contribution in [0.4, 0.5) is 5.69 Å². The third kappa shape index (κ3) is 2.30. The van der Waals surface area contributed by atoms with Gasteiger partial charge >= 0.3 is 0 Å². The fraction of sp³-hybridized carbons (Fsp3) is 0.500. The van der Waals surface area contributed by atoms with Crippen molar-refractivity contribution in [3.8, 4) is 0 Å². The summed E-state index contributed by atoms with van der Waals surface area (Å²) in [6.45, 7) is 0. The normalized spacial score (nSPS) is 26.2. The van der Waals surface area contributed by atoms with Crippen molar-refractivity contribution >= 4 is 17.5 Å². The van der Waals surface area contributed by atoms with Crippen molar-refractivity contribution in [3.05, 3.63) is 29.8 Å². The van der Waals surface area contributed by atoms with Crippen LogP contribution in [0.3, 0.4) is 0 Å². The molecule has 2 amide bonds. The lowest BCUT2D eigenvalue weighted by molar-refractivity contribution is -0.135. The van der Waals surface area contributed by atoms with Crippen LogP contribution in [0.25, 0.3) is 0 Å². The number of carbonyl (C=O) groups is 2. The molecule has 4 heteroatoms. The lowest BCUT2D eigenvalue weighted by Gasteiger charge is -2.42. The van der Waals surface area contributed by atoms with Gasteiger partial charge in [-0.05, 0) is 49.4 Å². The lowest BCUT2D eigenvalue weighted by Crippen LogP contribution is -2.52. The van der Waals surface area contributed by atoms with Gasteiger partial charge in [-0.2, -0.15) is 0 Å². The highest BCUT2D eigenvalue weighted by molar-refractivity contribution is 6.05. The van der Waals surface area contributed by atoms with Gasteiger partial charge in [0, 0.05) is 23.7 Å². The summed E-state index contributed by atoms with van der Waals surface area (Å²) in [5.74, 6) is 0.320. The highest BCUT2D eigenvalue weighted by Crippen LogP contribution is 2.36. The molecule has 106 valence electrons. The predicted octanol–water partition coefficient (Wildman–Crippen LogP) is 2.59. The molecule has 0 aromatic heterocycles. The van der Waals surface area contributed by atoms with E-state index in [1.54, 1.807) is 24.3 Å². The molecule has 1 aromatic carbocycles. The minimum Gasteiger partial charge on any atom is -0.399 e. The van der Waals surface area contributed by atoms with Gasteiger partial charge in [-0.1, -0.05) is 12.8 Å². The first-order chi connectivity index (χ1) is 9.66. The maximum absolute atomic E-state index is 12.6. The lowest BCUT2D eigenvalue weighted by atomic mass is 9.78. The van der Waals surface area contributed by atoms with E-state index < -0.39 is 0 Å². The van der Waals surface area contributed by atoms with Crippen molar-refractivity contribution in [2.24, 2.45) is 5.92 Å². The number of carbonyl (C=O) groups excluding carboxylic acids is 2. The first kappa shape index (κ1) is 13.2. The van der Waals surface area contributed by atoms with E-state index in [2.05, 4.69) is 0 Å². The number of amides is 2. The van der Waals surface area contributed by atoms with E-state index in [1.165, 1.54) is 11.3 Å². The topological polar surface area (TPSA) is 63.4 Å². The average Bonchev–Trinajstić information content (AvgIpc) is 2.47. The monoisotopic (exact) mass is 272 g/mol. The molecule has 3 rings (SSSR count). The van der Waals surface area contributed by atoms with Gasteiger partial charge < -0.3 is 5.73 Å². The molecule has 1 saturated carbocycles. The molecule has 2 aliphatic rings. The SMILES string of the molecule is Nc1ccc(C(=O)N2C(=O)CCC3CCCCC32)cc1. The molecule has 2 N–H and O–H groups in total. The Morgan fingerprint density at radius 3 is 2.55 bits per heavy atom. The van der Waals surface area contributed by atoms with Crippen LogP contribution in [-0.4, -0.2) is 22.8 Å². The molecule has 4 nitrogen and oxygen atoms in total. The summed E-state index contributed by atoms with van der Waals surface area (Å²) in [4.78, 5) is 26.4. The Balaban J connectivity index is 1.87. The summed E-state index contributed by atoms with van der Waals surface area (Å²) in [5, 5.41) is 0. The number of benzene rings is 1. The summed E-state index contributed by atoms with van der Waals surface area (Å²) in [5.41, 5.74) is 6.83. The van der Waals surface area contributed by atoms with Gasteiger partial charge in [0.25, 0.3) is 5.91 Å². The Hall–Kier alpha value is -1.84.